The molecule has 0 fully saturated rings. The number of hydrazine groups is 1. The lowest BCUT2D eigenvalue weighted by molar-refractivity contribution is -0.274. The summed E-state index contributed by atoms with van der Waals surface area (Å²) < 4.78 is 43.9. The van der Waals surface area contributed by atoms with E-state index in [1.807, 2.05) is 58.6 Å². The van der Waals surface area contributed by atoms with E-state index in [1.165, 1.54) is 13.1 Å². The number of hydrogen-bond acceptors (Lipinski definition) is 7. The van der Waals surface area contributed by atoms with Crippen LogP contribution in [0.5, 0.6) is 5.75 Å². The molecule has 0 spiro atoms. The molecule has 0 saturated heterocycles. The third-order valence-corrected chi connectivity index (χ3v) is 5.43. The van der Waals surface area contributed by atoms with Gasteiger partial charge in [0.25, 0.3) is 5.91 Å². The Morgan fingerprint density at radius 3 is 2.25 bits per heavy atom. The summed E-state index contributed by atoms with van der Waals surface area (Å²) in [7, 11) is 3.42. The Balaban J connectivity index is 0.000000609. The number of aryl methyl sites for hydroxylation is 2. The fourth-order valence-electron chi connectivity index (χ4n) is 3.23. The second-order valence-corrected chi connectivity index (χ2v) is 9.66. The predicted octanol–water partition coefficient (Wildman–Crippen LogP) is 5.27. The maximum atomic E-state index is 12.7. The first-order chi connectivity index (χ1) is 18.6. The molecule has 0 bridgehead atoms. The number of nitrogen functional groups attached to an aromatic ring is 1. The summed E-state index contributed by atoms with van der Waals surface area (Å²) in [4.78, 5) is 12.6. The fourth-order valence-corrected chi connectivity index (χ4v) is 3.23. The molecule has 12 heteroatoms. The van der Waals surface area contributed by atoms with Crippen molar-refractivity contribution in [3.63, 3.8) is 0 Å². The first-order valence-corrected chi connectivity index (χ1v) is 12.3. The Labute approximate surface area is 233 Å². The lowest BCUT2D eigenvalue weighted by Gasteiger charge is -2.21. The molecule has 7 N–H and O–H groups in total. The number of hydrogen-bond donors (Lipinski definition) is 5. The Kier molecular flexibility index (Phi) is 12.9. The molecule has 3 aromatic rings. The van der Waals surface area contributed by atoms with Crippen molar-refractivity contribution < 1.29 is 22.7 Å². The number of nitrogens with one attached hydrogen (secondary N) is 3. The van der Waals surface area contributed by atoms with Crippen molar-refractivity contribution in [1.82, 2.24) is 15.1 Å². The maximum absolute atomic E-state index is 12.7. The second-order valence-electron chi connectivity index (χ2n) is 9.66. The van der Waals surface area contributed by atoms with Crippen LogP contribution >= 0.6 is 0 Å². The van der Waals surface area contributed by atoms with Crippen LogP contribution in [0.15, 0.2) is 49.2 Å². The van der Waals surface area contributed by atoms with Crippen LogP contribution < -0.4 is 32.4 Å². The Hall–Kier alpha value is -3.87. The molecule has 40 heavy (non-hydrogen) atoms. The van der Waals surface area contributed by atoms with E-state index < -0.39 is 18.0 Å². The molecular weight excluding hydrogens is 523 g/mol. The van der Waals surface area contributed by atoms with Gasteiger partial charge < -0.3 is 26.5 Å². The molecule has 2 aromatic carbocycles. The number of carbonyl (C=O) groups excluding carboxylic acids is 1. The number of anilines is 2. The lowest BCUT2D eigenvalue weighted by Crippen LogP contribution is -2.35. The minimum absolute atomic E-state index is 0.185. The van der Waals surface area contributed by atoms with E-state index in [-0.39, 0.29) is 11.2 Å². The number of carbonyl (C=O) groups is 1. The van der Waals surface area contributed by atoms with Gasteiger partial charge in [0, 0.05) is 47.7 Å². The van der Waals surface area contributed by atoms with Crippen LogP contribution in [0.4, 0.5) is 24.5 Å². The number of nitrogens with zero attached hydrogens (tertiary/aromatic N) is 2. The van der Waals surface area contributed by atoms with Crippen LogP contribution in [0.3, 0.4) is 0 Å². The summed E-state index contributed by atoms with van der Waals surface area (Å²) in [6, 6.07) is 8.88. The summed E-state index contributed by atoms with van der Waals surface area (Å²) in [5.74, 6) is 4.53. The third kappa shape index (κ3) is 11.5. The van der Waals surface area contributed by atoms with E-state index in [0.29, 0.717) is 23.4 Å². The van der Waals surface area contributed by atoms with Crippen LogP contribution in [0, 0.1) is 13.8 Å². The molecule has 0 aliphatic heterocycles. The second kappa shape index (κ2) is 15.1. The van der Waals surface area contributed by atoms with Crippen molar-refractivity contribution in [3.05, 3.63) is 77.1 Å². The summed E-state index contributed by atoms with van der Waals surface area (Å²) >= 11 is 0. The minimum atomic E-state index is -4.84. The van der Waals surface area contributed by atoms with Gasteiger partial charge in [0.2, 0.25) is 0 Å². The van der Waals surface area contributed by atoms with Gasteiger partial charge in [0.05, 0.1) is 11.9 Å². The first kappa shape index (κ1) is 34.2. The van der Waals surface area contributed by atoms with Crippen molar-refractivity contribution in [2.24, 2.45) is 18.6 Å². The monoisotopic (exact) mass is 563 g/mol. The molecule has 0 radical (unpaired) electrons. The molecule has 1 heterocycles. The summed E-state index contributed by atoms with van der Waals surface area (Å²) in [5.41, 5.74) is 11.5. The van der Waals surface area contributed by atoms with Gasteiger partial charge in [-0.2, -0.15) is 5.10 Å². The lowest BCUT2D eigenvalue weighted by atomic mass is 10.1. The molecule has 1 amide bonds. The number of ether oxygens (including phenoxy) is 1. The third-order valence-electron chi connectivity index (χ3n) is 5.43. The number of aromatic nitrogens is 2. The molecule has 3 rings (SSSR count). The van der Waals surface area contributed by atoms with Crippen molar-refractivity contribution in [2.45, 2.75) is 53.1 Å². The average Bonchev–Trinajstić information content (AvgIpc) is 3.20. The van der Waals surface area contributed by atoms with Crippen molar-refractivity contribution >= 4 is 23.4 Å². The topological polar surface area (TPSA) is 132 Å². The quantitative estimate of drug-likeness (QED) is 0.196. The van der Waals surface area contributed by atoms with Gasteiger partial charge >= 0.3 is 6.36 Å². The van der Waals surface area contributed by atoms with E-state index in [4.69, 9.17) is 5.84 Å². The number of halogens is 3. The largest absolute Gasteiger partial charge is 0.573 e. The van der Waals surface area contributed by atoms with Crippen LogP contribution in [-0.2, 0) is 13.6 Å². The van der Waals surface area contributed by atoms with E-state index in [1.54, 1.807) is 24.3 Å². The maximum Gasteiger partial charge on any atom is 0.573 e. The number of benzene rings is 2. The molecule has 1 aromatic heterocycles. The average molecular weight is 564 g/mol. The van der Waals surface area contributed by atoms with E-state index in [0.717, 1.165) is 22.9 Å². The molecule has 0 aliphatic rings. The van der Waals surface area contributed by atoms with Gasteiger partial charge in [-0.3, -0.25) is 15.3 Å². The number of nitrogens with two attached hydrogens (primary N) is 2. The summed E-state index contributed by atoms with van der Waals surface area (Å²) in [6.45, 7) is 13.6. The molecule has 0 aliphatic carbocycles. The Morgan fingerprint density at radius 2 is 1.77 bits per heavy atom. The number of alkyl halides is 3. The highest BCUT2D eigenvalue weighted by molar-refractivity contribution is 6.05. The summed E-state index contributed by atoms with van der Waals surface area (Å²) in [5, 5.41) is 9.83. The molecule has 0 atom stereocenters. The van der Waals surface area contributed by atoms with E-state index >= 15 is 0 Å². The SMILES string of the molecule is C=Cc1cnn(C)c1C.CN.Cc1ccc(C(=O)Nc2cc(CNC(C)(C)C)cc(OC(F)(F)F)c2)cc1NN. The van der Waals surface area contributed by atoms with E-state index in [2.05, 4.69) is 38.2 Å². The molecular formula is C28H40F3N7O2. The van der Waals surface area contributed by atoms with Gasteiger partial charge in [0.1, 0.15) is 5.75 Å². The highest BCUT2D eigenvalue weighted by Crippen LogP contribution is 2.28. The van der Waals surface area contributed by atoms with Crippen molar-refractivity contribution in [2.75, 3.05) is 17.8 Å². The molecule has 220 valence electrons. The highest BCUT2D eigenvalue weighted by Gasteiger charge is 2.31. The van der Waals surface area contributed by atoms with Gasteiger partial charge in [-0.25, -0.2) is 0 Å². The van der Waals surface area contributed by atoms with Gasteiger partial charge in [-0.1, -0.05) is 18.7 Å². The smallest absolute Gasteiger partial charge is 0.406 e. The molecule has 0 unspecified atom stereocenters. The molecule has 0 saturated carbocycles. The Bertz CT molecular complexity index is 1270. The number of rotatable bonds is 7. The first-order valence-electron chi connectivity index (χ1n) is 12.3. The zero-order valence-electron chi connectivity index (χ0n) is 24.0. The van der Waals surface area contributed by atoms with Crippen LogP contribution in [0.25, 0.3) is 6.08 Å². The van der Waals surface area contributed by atoms with Gasteiger partial charge in [-0.05, 0) is 77.1 Å². The van der Waals surface area contributed by atoms with Crippen LogP contribution in [0.1, 0.15) is 53.5 Å². The standard InChI is InChI=1S/C20H25F3N4O2.C7H10N2.CH5N/c1-12-5-6-14(9-17(12)27-24)18(28)26-15-7-13(11-25-19(2,3)4)8-16(10-15)29-20(21,22)23;1-4-7-5-8-9(3)6(7)2;1-2/h5-10,25,27H,11,24H2,1-4H3,(H,26,28);4-5H,1H2,2-3H3;2H2,1H3. The zero-order chi connectivity index (χ0) is 30.7. The van der Waals surface area contributed by atoms with Crippen LogP contribution in [-0.4, -0.2) is 34.6 Å². The van der Waals surface area contributed by atoms with Crippen LogP contribution in [0.2, 0.25) is 0 Å². The predicted molar refractivity (Wildman–Crippen MR) is 155 cm³/mol. The highest BCUT2D eigenvalue weighted by atomic mass is 19.4. The summed E-state index contributed by atoms with van der Waals surface area (Å²) in [6.07, 6.45) is -1.22. The fraction of sp³-hybridized carbons (Fsp3) is 0.357. The minimum Gasteiger partial charge on any atom is -0.406 e. The zero-order valence-corrected chi connectivity index (χ0v) is 24.0. The normalized spacial score (nSPS) is 10.9. The van der Waals surface area contributed by atoms with Gasteiger partial charge in [0.15, 0.2) is 0 Å². The Morgan fingerprint density at radius 1 is 1.12 bits per heavy atom. The van der Waals surface area contributed by atoms with Crippen molar-refractivity contribution in [1.29, 1.82) is 0 Å². The molecule has 9 nitrogen and oxygen atoms in total. The van der Waals surface area contributed by atoms with Crippen molar-refractivity contribution in [3.8, 4) is 5.75 Å². The number of amides is 1. The van der Waals surface area contributed by atoms with Gasteiger partial charge in [-0.15, -0.1) is 13.2 Å². The van der Waals surface area contributed by atoms with E-state index in [9.17, 15) is 18.0 Å².